The van der Waals surface area contributed by atoms with Crippen LogP contribution in [0.2, 0.25) is 0 Å². The number of benzene rings is 1. The average Bonchev–Trinajstić information content (AvgIpc) is 2.85. The van der Waals surface area contributed by atoms with Gasteiger partial charge in [0.25, 0.3) is 0 Å². The van der Waals surface area contributed by atoms with Gasteiger partial charge in [-0.2, -0.15) is 0 Å². The minimum Gasteiger partial charge on any atom is -0.295 e. The first-order valence-electron chi connectivity index (χ1n) is 9.89. The molecular weight excluding hydrogens is 310 g/mol. The van der Waals surface area contributed by atoms with Gasteiger partial charge in [0.05, 0.1) is 6.54 Å². The molecule has 0 saturated heterocycles. The lowest BCUT2D eigenvalue weighted by Crippen LogP contribution is -2.54. The van der Waals surface area contributed by atoms with E-state index in [1.807, 2.05) is 12.1 Å². The highest BCUT2D eigenvalue weighted by Gasteiger charge is 2.54. The number of nitrogens with two attached hydrogens (primary N) is 1. The maximum atomic E-state index is 13.5. The Hall–Kier alpha value is -1.84. The van der Waals surface area contributed by atoms with Crippen molar-refractivity contribution in [1.29, 1.82) is 0 Å². The molecule has 132 valence electrons. The molecule has 4 aliphatic carbocycles. The number of hydrogen-bond acceptors (Lipinski definition) is 2. The maximum Gasteiger partial charge on any atom is 0.356 e. The summed E-state index contributed by atoms with van der Waals surface area (Å²) in [7, 11) is 0. The SMILES string of the molecule is CCn1c(N)[n+](CC(=O)C23CC4CC(CC(C4)C2)C3)c2ccccc21. The molecule has 0 radical (unpaired) electrons. The van der Waals surface area contributed by atoms with Crippen LogP contribution in [0.15, 0.2) is 24.3 Å². The highest BCUT2D eigenvalue weighted by Crippen LogP contribution is 2.60. The van der Waals surface area contributed by atoms with E-state index in [0.29, 0.717) is 18.3 Å². The number of anilines is 1. The first-order chi connectivity index (χ1) is 12.1. The Balaban J connectivity index is 1.51. The molecule has 1 aromatic carbocycles. The summed E-state index contributed by atoms with van der Waals surface area (Å²) < 4.78 is 4.17. The number of ketones is 1. The summed E-state index contributed by atoms with van der Waals surface area (Å²) in [5.41, 5.74) is 8.60. The summed E-state index contributed by atoms with van der Waals surface area (Å²) in [6.07, 6.45) is 7.50. The van der Waals surface area contributed by atoms with Crippen molar-refractivity contribution < 1.29 is 9.36 Å². The van der Waals surface area contributed by atoms with Crippen molar-refractivity contribution in [2.45, 2.75) is 58.5 Å². The summed E-state index contributed by atoms with van der Waals surface area (Å²) in [6, 6.07) is 8.26. The molecule has 4 nitrogen and oxygen atoms in total. The first-order valence-corrected chi connectivity index (χ1v) is 9.89. The Morgan fingerprint density at radius 3 is 2.36 bits per heavy atom. The monoisotopic (exact) mass is 338 g/mol. The Morgan fingerprint density at radius 1 is 1.16 bits per heavy atom. The fraction of sp³-hybridized carbons (Fsp3) is 0.619. The predicted molar refractivity (Wildman–Crippen MR) is 97.8 cm³/mol. The number of fused-ring (bicyclic) bond motifs is 1. The number of carbonyl (C=O) groups excluding carboxylic acids is 1. The Labute approximate surface area is 149 Å². The lowest BCUT2D eigenvalue weighted by molar-refractivity contribution is -0.644. The number of Topliss-reactive ketones (excluding diaryl/α,β-unsaturated/α-hetero) is 1. The van der Waals surface area contributed by atoms with E-state index in [1.54, 1.807) is 0 Å². The summed E-state index contributed by atoms with van der Waals surface area (Å²) in [5, 5.41) is 0. The zero-order chi connectivity index (χ0) is 17.2. The maximum absolute atomic E-state index is 13.5. The number of carbonyl (C=O) groups is 1. The molecule has 1 heterocycles. The molecule has 2 N–H and O–H groups in total. The molecule has 0 aliphatic heterocycles. The summed E-state index contributed by atoms with van der Waals surface area (Å²) in [4.78, 5) is 13.5. The van der Waals surface area contributed by atoms with Gasteiger partial charge in [-0.25, -0.2) is 9.13 Å². The van der Waals surface area contributed by atoms with Gasteiger partial charge in [-0.15, -0.1) is 0 Å². The van der Waals surface area contributed by atoms with Gasteiger partial charge in [0.15, 0.2) is 5.78 Å². The molecule has 1 aromatic heterocycles. The van der Waals surface area contributed by atoms with Gasteiger partial charge in [0.1, 0.15) is 17.6 Å². The van der Waals surface area contributed by atoms with Crippen molar-refractivity contribution >= 4 is 22.8 Å². The van der Waals surface area contributed by atoms with Crippen LogP contribution in [0.3, 0.4) is 0 Å². The van der Waals surface area contributed by atoms with E-state index in [2.05, 4.69) is 28.2 Å². The van der Waals surface area contributed by atoms with Gasteiger partial charge in [0, 0.05) is 5.41 Å². The number of aryl methyl sites for hydroxylation is 1. The summed E-state index contributed by atoms with van der Waals surface area (Å²) in [6.45, 7) is 3.37. The van der Waals surface area contributed by atoms with Crippen LogP contribution in [-0.4, -0.2) is 10.4 Å². The van der Waals surface area contributed by atoms with Crippen LogP contribution in [0.5, 0.6) is 0 Å². The lowest BCUT2D eigenvalue weighted by Gasteiger charge is -2.55. The Bertz CT molecular complexity index is 815. The molecular formula is C21H28N3O+. The zero-order valence-electron chi connectivity index (χ0n) is 15.1. The number of rotatable bonds is 4. The number of nitrogen functional groups attached to an aromatic ring is 1. The van der Waals surface area contributed by atoms with E-state index in [0.717, 1.165) is 54.6 Å². The van der Waals surface area contributed by atoms with E-state index in [9.17, 15) is 4.79 Å². The molecule has 4 saturated carbocycles. The van der Waals surface area contributed by atoms with Crippen molar-refractivity contribution in [2.24, 2.45) is 23.2 Å². The van der Waals surface area contributed by atoms with Crippen molar-refractivity contribution in [3.63, 3.8) is 0 Å². The number of imidazole rings is 1. The fourth-order valence-corrected chi connectivity index (χ4v) is 6.58. The lowest BCUT2D eigenvalue weighted by atomic mass is 9.48. The Kier molecular flexibility index (Phi) is 3.28. The molecule has 0 atom stereocenters. The van der Waals surface area contributed by atoms with E-state index in [4.69, 9.17) is 5.73 Å². The molecule has 4 aliphatic rings. The minimum absolute atomic E-state index is 0.0520. The molecule has 25 heavy (non-hydrogen) atoms. The van der Waals surface area contributed by atoms with Crippen molar-refractivity contribution in [3.8, 4) is 0 Å². The first kappa shape index (κ1) is 15.4. The largest absolute Gasteiger partial charge is 0.356 e. The molecule has 4 heteroatoms. The van der Waals surface area contributed by atoms with Crippen molar-refractivity contribution in [3.05, 3.63) is 24.3 Å². The highest BCUT2D eigenvalue weighted by molar-refractivity contribution is 5.85. The molecule has 0 unspecified atom stereocenters. The normalized spacial score (nSPS) is 33.2. The zero-order valence-corrected chi connectivity index (χ0v) is 15.1. The molecule has 4 fully saturated rings. The third-order valence-corrected chi connectivity index (χ3v) is 7.26. The predicted octanol–water partition coefficient (Wildman–Crippen LogP) is 3.32. The summed E-state index contributed by atoms with van der Waals surface area (Å²) in [5.74, 6) is 3.54. The van der Waals surface area contributed by atoms with Crippen LogP contribution in [0.1, 0.15) is 45.4 Å². The average molecular weight is 338 g/mol. The van der Waals surface area contributed by atoms with E-state index in [1.165, 1.54) is 19.3 Å². The van der Waals surface area contributed by atoms with Gasteiger partial charge < -0.3 is 0 Å². The van der Waals surface area contributed by atoms with E-state index in [-0.39, 0.29) is 5.41 Å². The minimum atomic E-state index is -0.0520. The number of aromatic nitrogens is 2. The van der Waals surface area contributed by atoms with Crippen LogP contribution in [0, 0.1) is 23.2 Å². The van der Waals surface area contributed by atoms with E-state index >= 15 is 0 Å². The Morgan fingerprint density at radius 2 is 1.76 bits per heavy atom. The fourth-order valence-electron chi connectivity index (χ4n) is 6.58. The van der Waals surface area contributed by atoms with Crippen molar-refractivity contribution in [1.82, 2.24) is 4.57 Å². The molecule has 0 spiro atoms. The molecule has 4 bridgehead atoms. The third-order valence-electron chi connectivity index (χ3n) is 7.26. The van der Waals surface area contributed by atoms with Gasteiger partial charge in [-0.05, 0) is 75.3 Å². The number of nitrogens with zero attached hydrogens (tertiary/aromatic N) is 2. The summed E-state index contributed by atoms with van der Waals surface area (Å²) >= 11 is 0. The molecule has 0 amide bonds. The van der Waals surface area contributed by atoms with Crippen LogP contribution >= 0.6 is 0 Å². The second-order valence-corrected chi connectivity index (χ2v) is 8.80. The topological polar surface area (TPSA) is 51.9 Å². The van der Waals surface area contributed by atoms with Crippen LogP contribution in [-0.2, 0) is 17.9 Å². The smallest absolute Gasteiger partial charge is 0.295 e. The highest BCUT2D eigenvalue weighted by atomic mass is 16.1. The van der Waals surface area contributed by atoms with Gasteiger partial charge in [-0.3, -0.25) is 10.5 Å². The van der Waals surface area contributed by atoms with Crippen LogP contribution in [0.25, 0.3) is 11.0 Å². The van der Waals surface area contributed by atoms with E-state index < -0.39 is 0 Å². The third kappa shape index (κ3) is 2.19. The van der Waals surface area contributed by atoms with Gasteiger partial charge >= 0.3 is 5.95 Å². The molecule has 6 rings (SSSR count). The second-order valence-electron chi connectivity index (χ2n) is 8.80. The van der Waals surface area contributed by atoms with Crippen LogP contribution in [0.4, 0.5) is 5.95 Å². The molecule has 2 aromatic rings. The second kappa shape index (κ2) is 5.33. The van der Waals surface area contributed by atoms with Gasteiger partial charge in [0.2, 0.25) is 0 Å². The number of para-hydroxylation sites is 2. The van der Waals surface area contributed by atoms with Crippen LogP contribution < -0.4 is 10.3 Å². The number of hydrogen-bond donors (Lipinski definition) is 1. The standard InChI is InChI=1S/C21H27N3O/c1-2-23-17-5-3-4-6-18(17)24(20(23)22)13-19(25)21-10-14-7-15(11-21)9-16(8-14)12-21/h3-6,14-16,22H,2,7-13H2,1H3/p+1. The quantitative estimate of drug-likeness (QED) is 0.870. The van der Waals surface area contributed by atoms with Crippen molar-refractivity contribution in [2.75, 3.05) is 5.73 Å². The van der Waals surface area contributed by atoms with Gasteiger partial charge in [-0.1, -0.05) is 12.1 Å².